The highest BCUT2D eigenvalue weighted by molar-refractivity contribution is 5.79. The monoisotopic (exact) mass is 393 g/mol. The molecule has 1 heterocycles. The van der Waals surface area contributed by atoms with Crippen LogP contribution in [0.5, 0.6) is 0 Å². The van der Waals surface area contributed by atoms with Gasteiger partial charge in [-0.05, 0) is 36.0 Å². The van der Waals surface area contributed by atoms with Crippen LogP contribution in [0.25, 0.3) is 11.1 Å². The third-order valence-corrected chi connectivity index (χ3v) is 4.92. The molecule has 150 valence electrons. The minimum absolute atomic E-state index is 0.0485. The Morgan fingerprint density at radius 1 is 1.18 bits per heavy atom. The van der Waals surface area contributed by atoms with Crippen molar-refractivity contribution in [1.82, 2.24) is 10.3 Å². The zero-order chi connectivity index (χ0) is 20.3. The van der Waals surface area contributed by atoms with Crippen LogP contribution in [0.4, 0.5) is 13.2 Å². The molecule has 1 amide bonds. The number of aliphatic hydroxyl groups excluding tert-OH is 1. The molecule has 1 aromatic heterocycles. The molecule has 1 aliphatic rings. The van der Waals surface area contributed by atoms with Crippen LogP contribution in [0, 0.1) is 5.92 Å². The molecular weight excluding hydrogens is 371 g/mol. The zero-order valence-corrected chi connectivity index (χ0v) is 15.1. The van der Waals surface area contributed by atoms with Gasteiger partial charge in [0, 0.05) is 17.8 Å². The van der Waals surface area contributed by atoms with Gasteiger partial charge in [0.1, 0.15) is 12.8 Å². The average Bonchev–Trinajstić information content (AvgIpc) is 3.56. The molecule has 1 fully saturated rings. The molecule has 3 atom stereocenters. The van der Waals surface area contributed by atoms with Crippen LogP contribution >= 0.6 is 0 Å². The first kappa shape index (κ1) is 20.3. The van der Waals surface area contributed by atoms with Crippen molar-refractivity contribution in [3.8, 4) is 11.1 Å². The number of hydrogen-bond donors (Lipinski definition) is 3. The van der Waals surface area contributed by atoms with E-state index in [9.17, 15) is 23.1 Å². The second kappa shape index (κ2) is 8.70. The molecule has 1 aliphatic carbocycles. The van der Waals surface area contributed by atoms with E-state index in [2.05, 4.69) is 4.98 Å². The highest BCUT2D eigenvalue weighted by Gasteiger charge is 2.30. The highest BCUT2D eigenvalue weighted by Crippen LogP contribution is 2.39. The van der Waals surface area contributed by atoms with Crippen molar-refractivity contribution in [3.05, 3.63) is 53.9 Å². The summed E-state index contributed by atoms with van der Waals surface area (Å²) in [7, 11) is 0. The average molecular weight is 393 g/mol. The number of nitrogens with two attached hydrogens (primary N) is 1. The van der Waals surface area contributed by atoms with E-state index in [-0.39, 0.29) is 6.04 Å². The minimum Gasteiger partial charge on any atom is -0.386 e. The fraction of sp³-hybridized carbons (Fsp3) is 0.400. The van der Waals surface area contributed by atoms with E-state index in [0.29, 0.717) is 11.5 Å². The number of nitrogens with one attached hydrogen (secondary N) is 1. The number of nitrogens with zero attached hydrogens (tertiary/aromatic N) is 1. The molecule has 1 aromatic carbocycles. The summed E-state index contributed by atoms with van der Waals surface area (Å²) >= 11 is 0. The van der Waals surface area contributed by atoms with Gasteiger partial charge in [0.25, 0.3) is 5.91 Å². The summed E-state index contributed by atoms with van der Waals surface area (Å²) in [5, 5.41) is 12.0. The van der Waals surface area contributed by atoms with Crippen molar-refractivity contribution in [1.29, 1.82) is 0 Å². The van der Waals surface area contributed by atoms with Gasteiger partial charge in [-0.25, -0.2) is 4.39 Å². The molecule has 0 saturated heterocycles. The second-order valence-electron chi connectivity index (χ2n) is 6.97. The Morgan fingerprint density at radius 3 is 2.32 bits per heavy atom. The van der Waals surface area contributed by atoms with Gasteiger partial charge in [-0.3, -0.25) is 9.78 Å². The molecule has 8 heteroatoms. The van der Waals surface area contributed by atoms with Crippen molar-refractivity contribution in [2.45, 2.75) is 37.5 Å². The number of amides is 1. The predicted molar refractivity (Wildman–Crippen MR) is 98.2 cm³/mol. The number of carbonyl (C=O) groups excluding carboxylic acids is 1. The number of aliphatic hydroxyl groups is 1. The standard InChI is InChI=1S/C20H22F3N3O2/c21-9-16(26-20(28)19(22)23)18(27)13-5-1-11(2-6-13)14-7-8-15(25-10-14)17(24)12-3-4-12/h1-2,5-8,10,12,16-19,27H,3-4,9,24H2,(H,26,28)/t16-,17?,18-/m1/s1. The van der Waals surface area contributed by atoms with Crippen molar-refractivity contribution in [3.63, 3.8) is 0 Å². The van der Waals surface area contributed by atoms with Gasteiger partial charge < -0.3 is 16.2 Å². The molecular formula is C20H22F3N3O2. The van der Waals surface area contributed by atoms with Gasteiger partial charge in [-0.15, -0.1) is 0 Å². The summed E-state index contributed by atoms with van der Waals surface area (Å²) in [6.07, 6.45) is -0.736. The van der Waals surface area contributed by atoms with Crippen LogP contribution in [0.1, 0.15) is 36.2 Å². The Labute approximate surface area is 160 Å². The Kier molecular flexibility index (Phi) is 6.31. The Balaban J connectivity index is 1.69. The van der Waals surface area contributed by atoms with Crippen LogP contribution in [-0.4, -0.2) is 35.1 Å². The Morgan fingerprint density at radius 2 is 1.82 bits per heavy atom. The summed E-state index contributed by atoms with van der Waals surface area (Å²) in [6.45, 7) is -1.17. The molecule has 2 aromatic rings. The van der Waals surface area contributed by atoms with E-state index in [0.717, 1.165) is 29.7 Å². The Bertz CT molecular complexity index is 795. The maximum Gasteiger partial charge on any atom is 0.315 e. The van der Waals surface area contributed by atoms with Gasteiger partial charge in [-0.2, -0.15) is 8.78 Å². The molecule has 0 radical (unpaired) electrons. The van der Waals surface area contributed by atoms with E-state index in [1.54, 1.807) is 35.8 Å². The first-order valence-electron chi connectivity index (χ1n) is 9.05. The number of halogens is 3. The number of alkyl halides is 3. The van der Waals surface area contributed by atoms with Crippen LogP contribution in [0.2, 0.25) is 0 Å². The first-order valence-corrected chi connectivity index (χ1v) is 9.05. The smallest absolute Gasteiger partial charge is 0.315 e. The maximum absolute atomic E-state index is 13.1. The minimum atomic E-state index is -3.27. The molecule has 4 N–H and O–H groups in total. The van der Waals surface area contributed by atoms with E-state index < -0.39 is 31.2 Å². The van der Waals surface area contributed by atoms with Crippen molar-refractivity contribution in [2.24, 2.45) is 11.7 Å². The number of carbonyl (C=O) groups is 1. The molecule has 5 nitrogen and oxygen atoms in total. The van der Waals surface area contributed by atoms with Gasteiger partial charge in [-0.1, -0.05) is 30.3 Å². The maximum atomic E-state index is 13.1. The lowest BCUT2D eigenvalue weighted by atomic mass is 9.99. The molecule has 3 rings (SSSR count). The lowest BCUT2D eigenvalue weighted by Gasteiger charge is -2.22. The number of hydrogen-bond acceptors (Lipinski definition) is 4. The lowest BCUT2D eigenvalue weighted by molar-refractivity contribution is -0.133. The molecule has 0 spiro atoms. The summed E-state index contributed by atoms with van der Waals surface area (Å²) in [6, 6.07) is 8.83. The molecule has 1 saturated carbocycles. The van der Waals surface area contributed by atoms with Crippen LogP contribution in [-0.2, 0) is 4.79 Å². The van der Waals surface area contributed by atoms with Crippen molar-refractivity contribution < 1.29 is 23.1 Å². The molecule has 0 bridgehead atoms. The normalized spacial score (nSPS) is 17.2. The molecule has 28 heavy (non-hydrogen) atoms. The summed E-state index contributed by atoms with van der Waals surface area (Å²) in [4.78, 5) is 15.5. The number of pyridine rings is 1. The van der Waals surface area contributed by atoms with E-state index >= 15 is 0 Å². The van der Waals surface area contributed by atoms with E-state index in [1.807, 2.05) is 12.1 Å². The van der Waals surface area contributed by atoms with Crippen LogP contribution in [0.3, 0.4) is 0 Å². The third-order valence-electron chi connectivity index (χ3n) is 4.92. The van der Waals surface area contributed by atoms with E-state index in [4.69, 9.17) is 5.73 Å². The topological polar surface area (TPSA) is 88.2 Å². The van der Waals surface area contributed by atoms with Gasteiger partial charge >= 0.3 is 6.43 Å². The fourth-order valence-electron chi connectivity index (χ4n) is 3.02. The van der Waals surface area contributed by atoms with Gasteiger partial charge in [0.2, 0.25) is 0 Å². The predicted octanol–water partition coefficient (Wildman–Crippen LogP) is 2.91. The van der Waals surface area contributed by atoms with E-state index in [1.165, 1.54) is 0 Å². The van der Waals surface area contributed by atoms with Crippen LogP contribution < -0.4 is 11.1 Å². The fourth-order valence-corrected chi connectivity index (χ4v) is 3.02. The number of benzene rings is 1. The third kappa shape index (κ3) is 4.69. The van der Waals surface area contributed by atoms with Crippen LogP contribution in [0.15, 0.2) is 42.6 Å². The SMILES string of the molecule is NC(c1ccc(-c2ccc([C@@H](O)[C@@H](CF)NC(=O)C(F)F)cc2)cn1)C1CC1. The lowest BCUT2D eigenvalue weighted by Crippen LogP contribution is -2.43. The van der Waals surface area contributed by atoms with Gasteiger partial charge in [0.05, 0.1) is 11.7 Å². The summed E-state index contributed by atoms with van der Waals surface area (Å²) in [5.41, 5.74) is 8.96. The highest BCUT2D eigenvalue weighted by atomic mass is 19.3. The van der Waals surface area contributed by atoms with Gasteiger partial charge in [0.15, 0.2) is 0 Å². The molecule has 1 unspecified atom stereocenters. The number of rotatable bonds is 8. The summed E-state index contributed by atoms with van der Waals surface area (Å²) in [5.74, 6) is -1.11. The molecule has 0 aliphatic heterocycles. The Hall–Kier alpha value is -2.45. The van der Waals surface area contributed by atoms with Crippen molar-refractivity contribution >= 4 is 5.91 Å². The largest absolute Gasteiger partial charge is 0.386 e. The second-order valence-corrected chi connectivity index (χ2v) is 6.97. The quantitative estimate of drug-likeness (QED) is 0.644. The van der Waals surface area contributed by atoms with Crippen molar-refractivity contribution in [2.75, 3.05) is 6.67 Å². The number of aromatic nitrogens is 1. The zero-order valence-electron chi connectivity index (χ0n) is 15.1. The first-order chi connectivity index (χ1) is 13.4. The summed E-state index contributed by atoms with van der Waals surface area (Å²) < 4.78 is 37.7.